The lowest BCUT2D eigenvalue weighted by Gasteiger charge is -2.26. The molecule has 0 radical (unpaired) electrons. The molecule has 4 aromatic heterocycles. The van der Waals surface area contributed by atoms with Gasteiger partial charge in [0.15, 0.2) is 5.76 Å². The molecule has 6 heterocycles. The molecule has 1 atom stereocenters. The van der Waals surface area contributed by atoms with Gasteiger partial charge in [-0.05, 0) is 18.2 Å². The Bertz CT molecular complexity index is 1460. The zero-order valence-corrected chi connectivity index (χ0v) is 21.5. The molecule has 2 aliphatic heterocycles. The summed E-state index contributed by atoms with van der Waals surface area (Å²) in [6, 6.07) is 8.79. The number of aromatic nitrogens is 6. The Morgan fingerprint density at radius 2 is 1.85 bits per heavy atom. The Balaban J connectivity index is 1.15. The zero-order valence-electron chi connectivity index (χ0n) is 21.5. The second-order valence-electron chi connectivity index (χ2n) is 9.66. The third-order valence-corrected chi connectivity index (χ3v) is 7.00. The number of anilines is 2. The van der Waals surface area contributed by atoms with Gasteiger partial charge in [0, 0.05) is 58.1 Å². The van der Waals surface area contributed by atoms with Crippen molar-refractivity contribution in [3.05, 3.63) is 54.7 Å². The molecule has 202 valence electrons. The predicted molar refractivity (Wildman–Crippen MR) is 140 cm³/mol. The minimum atomic E-state index is -1.71. The summed E-state index contributed by atoms with van der Waals surface area (Å²) in [6.07, 6.45) is 5.58. The smallest absolute Gasteiger partial charge is 0.262 e. The van der Waals surface area contributed by atoms with Gasteiger partial charge in [0.2, 0.25) is 11.5 Å². The fourth-order valence-electron chi connectivity index (χ4n) is 4.70. The van der Waals surface area contributed by atoms with Crippen LogP contribution in [0.4, 0.5) is 11.6 Å². The molecule has 13 nitrogen and oxygen atoms in total. The molecule has 13 heteroatoms. The molecule has 1 unspecified atom stereocenters. The maximum Gasteiger partial charge on any atom is 0.262 e. The van der Waals surface area contributed by atoms with Gasteiger partial charge in [-0.1, -0.05) is 11.2 Å². The van der Waals surface area contributed by atoms with Gasteiger partial charge in [0.05, 0.1) is 48.7 Å². The molecule has 2 aliphatic rings. The summed E-state index contributed by atoms with van der Waals surface area (Å²) in [4.78, 5) is 29.9. The van der Waals surface area contributed by atoms with Crippen LogP contribution in [0.5, 0.6) is 0 Å². The molecule has 2 saturated heterocycles. The predicted octanol–water partition coefficient (Wildman–Crippen LogP) is 1.52. The molecule has 0 saturated carbocycles. The van der Waals surface area contributed by atoms with E-state index in [0.717, 1.165) is 45.1 Å². The van der Waals surface area contributed by atoms with Crippen LogP contribution in [-0.4, -0.2) is 97.1 Å². The van der Waals surface area contributed by atoms with E-state index in [4.69, 9.17) is 9.26 Å². The molecule has 2 fully saturated rings. The Labute approximate surface area is 224 Å². The SMILES string of the molecule is CN1CCC(O)(c2cc(-c3cccc(-c4ccnc(Nc5cnn(CCN6CCOCC6)c5)n4)n3)no2)C1=O. The Hall–Kier alpha value is -4.20. The van der Waals surface area contributed by atoms with Crippen LogP contribution in [0.25, 0.3) is 22.8 Å². The summed E-state index contributed by atoms with van der Waals surface area (Å²) >= 11 is 0. The minimum absolute atomic E-state index is 0.109. The van der Waals surface area contributed by atoms with E-state index in [1.807, 2.05) is 23.0 Å². The number of hydrogen-bond acceptors (Lipinski definition) is 11. The number of amides is 1. The third kappa shape index (κ3) is 5.24. The van der Waals surface area contributed by atoms with Gasteiger partial charge >= 0.3 is 0 Å². The van der Waals surface area contributed by atoms with Gasteiger partial charge in [-0.2, -0.15) is 5.10 Å². The van der Waals surface area contributed by atoms with E-state index >= 15 is 0 Å². The molecule has 4 aromatic rings. The molecule has 2 N–H and O–H groups in total. The van der Waals surface area contributed by atoms with Crippen molar-refractivity contribution >= 4 is 17.5 Å². The zero-order chi connectivity index (χ0) is 26.8. The lowest BCUT2D eigenvalue weighted by atomic mass is 9.98. The highest BCUT2D eigenvalue weighted by Gasteiger charge is 2.48. The van der Waals surface area contributed by atoms with E-state index in [9.17, 15) is 9.90 Å². The first-order valence-electron chi connectivity index (χ1n) is 12.8. The number of aliphatic hydroxyl groups is 1. The van der Waals surface area contributed by atoms with E-state index in [2.05, 4.69) is 35.4 Å². The monoisotopic (exact) mass is 531 g/mol. The summed E-state index contributed by atoms with van der Waals surface area (Å²) in [6.45, 7) is 5.58. The van der Waals surface area contributed by atoms with Crippen LogP contribution in [0.15, 0.2) is 53.4 Å². The second kappa shape index (κ2) is 10.5. The number of nitrogens with one attached hydrogen (secondary N) is 1. The summed E-state index contributed by atoms with van der Waals surface area (Å²) in [7, 11) is 1.65. The number of ether oxygens (including phenoxy) is 1. The molecule has 0 aliphatic carbocycles. The highest BCUT2D eigenvalue weighted by molar-refractivity contribution is 5.87. The van der Waals surface area contributed by atoms with Crippen LogP contribution in [0, 0.1) is 0 Å². The van der Waals surface area contributed by atoms with Crippen molar-refractivity contribution in [2.24, 2.45) is 0 Å². The van der Waals surface area contributed by atoms with Crippen molar-refractivity contribution in [1.29, 1.82) is 0 Å². The molecule has 0 aromatic carbocycles. The molecular formula is C26H29N9O4. The number of carbonyl (C=O) groups excluding carboxylic acids is 1. The van der Waals surface area contributed by atoms with Crippen LogP contribution in [0.3, 0.4) is 0 Å². The highest BCUT2D eigenvalue weighted by atomic mass is 16.5. The number of hydrogen-bond donors (Lipinski definition) is 2. The molecular weight excluding hydrogens is 502 g/mol. The normalized spacial score (nSPS) is 20.1. The van der Waals surface area contributed by atoms with Gasteiger partial charge < -0.3 is 24.6 Å². The molecule has 1 amide bonds. The van der Waals surface area contributed by atoms with Crippen molar-refractivity contribution in [2.45, 2.75) is 18.6 Å². The quantitative estimate of drug-likeness (QED) is 0.341. The maximum absolute atomic E-state index is 12.4. The first-order valence-corrected chi connectivity index (χ1v) is 12.8. The lowest BCUT2D eigenvalue weighted by Crippen LogP contribution is -2.38. The van der Waals surface area contributed by atoms with Crippen molar-refractivity contribution in [3.8, 4) is 22.8 Å². The Kier molecular flexibility index (Phi) is 6.77. The van der Waals surface area contributed by atoms with Crippen LogP contribution in [0.2, 0.25) is 0 Å². The number of carbonyl (C=O) groups is 1. The summed E-state index contributed by atoms with van der Waals surface area (Å²) in [5, 5.41) is 22.6. The summed E-state index contributed by atoms with van der Waals surface area (Å²) in [5.74, 6) is 0.121. The first kappa shape index (κ1) is 25.1. The number of rotatable bonds is 8. The van der Waals surface area contributed by atoms with Crippen molar-refractivity contribution in [2.75, 3.05) is 51.8 Å². The van der Waals surface area contributed by atoms with Crippen molar-refractivity contribution in [1.82, 2.24) is 39.7 Å². The fraction of sp³-hybridized carbons (Fsp3) is 0.385. The van der Waals surface area contributed by atoms with Gasteiger partial charge in [0.25, 0.3) is 5.91 Å². The molecule has 0 bridgehead atoms. The average Bonchev–Trinajstić information content (AvgIpc) is 3.71. The highest BCUT2D eigenvalue weighted by Crippen LogP contribution is 2.34. The van der Waals surface area contributed by atoms with E-state index < -0.39 is 11.5 Å². The van der Waals surface area contributed by atoms with Gasteiger partial charge in [-0.25, -0.2) is 15.0 Å². The van der Waals surface area contributed by atoms with Crippen molar-refractivity contribution < 1.29 is 19.2 Å². The second-order valence-corrected chi connectivity index (χ2v) is 9.66. The summed E-state index contributed by atoms with van der Waals surface area (Å²) in [5.41, 5.74) is 1.25. The Morgan fingerprint density at radius 1 is 1.05 bits per heavy atom. The number of nitrogens with zero attached hydrogens (tertiary/aromatic N) is 8. The number of likely N-dealkylation sites (N-methyl/N-ethyl adjacent to an activating group) is 1. The van der Waals surface area contributed by atoms with E-state index in [-0.39, 0.29) is 12.2 Å². The minimum Gasteiger partial charge on any atom is -0.379 e. The first-order chi connectivity index (χ1) is 19.0. The molecule has 6 rings (SSSR count). The number of morpholine rings is 1. The van der Waals surface area contributed by atoms with Crippen molar-refractivity contribution in [3.63, 3.8) is 0 Å². The number of pyridine rings is 1. The van der Waals surface area contributed by atoms with E-state index in [1.165, 1.54) is 4.90 Å². The molecule has 0 spiro atoms. The fourth-order valence-corrected chi connectivity index (χ4v) is 4.70. The van der Waals surface area contributed by atoms with Gasteiger partial charge in [0.1, 0.15) is 5.69 Å². The number of likely N-dealkylation sites (tertiary alicyclic amines) is 1. The summed E-state index contributed by atoms with van der Waals surface area (Å²) < 4.78 is 12.7. The third-order valence-electron chi connectivity index (χ3n) is 7.00. The van der Waals surface area contributed by atoms with Gasteiger partial charge in [-0.15, -0.1) is 0 Å². The van der Waals surface area contributed by atoms with Crippen LogP contribution in [-0.2, 0) is 21.7 Å². The van der Waals surface area contributed by atoms with Gasteiger partial charge in [-0.3, -0.25) is 14.4 Å². The van der Waals surface area contributed by atoms with E-state index in [0.29, 0.717) is 35.3 Å². The van der Waals surface area contributed by atoms with Crippen LogP contribution >= 0.6 is 0 Å². The lowest BCUT2D eigenvalue weighted by molar-refractivity contribution is -0.144. The molecule has 39 heavy (non-hydrogen) atoms. The van der Waals surface area contributed by atoms with Crippen LogP contribution < -0.4 is 5.32 Å². The van der Waals surface area contributed by atoms with Crippen LogP contribution in [0.1, 0.15) is 12.2 Å². The maximum atomic E-state index is 12.4. The Morgan fingerprint density at radius 3 is 2.64 bits per heavy atom. The largest absolute Gasteiger partial charge is 0.379 e. The van der Waals surface area contributed by atoms with E-state index in [1.54, 1.807) is 37.6 Å². The average molecular weight is 532 g/mol. The topological polar surface area (TPSA) is 148 Å². The standard InChI is InChI=1S/C26H29N9O4/c1-33-8-6-26(37,24(33)36)23-15-22(32-39-23)20-4-2-3-19(30-20)21-5-7-27-25(31-21)29-18-16-28-35(17-18)10-9-34-11-13-38-14-12-34/h2-5,7,15-17,37H,6,8-14H2,1H3,(H,27,29,31).